The van der Waals surface area contributed by atoms with Crippen LogP contribution in [0.3, 0.4) is 0 Å². The van der Waals surface area contributed by atoms with Crippen LogP contribution in [0.1, 0.15) is 12.0 Å². The molecule has 3 heteroatoms. The Labute approximate surface area is 74.6 Å². The van der Waals surface area contributed by atoms with Crippen molar-refractivity contribution in [3.8, 4) is 0 Å². The van der Waals surface area contributed by atoms with Gasteiger partial charge in [-0.2, -0.15) is 0 Å². The van der Waals surface area contributed by atoms with E-state index in [0.29, 0.717) is 0 Å². The average Bonchev–Trinajstić information content (AvgIpc) is 2.47. The summed E-state index contributed by atoms with van der Waals surface area (Å²) in [5.74, 6) is 0. The lowest BCUT2D eigenvalue weighted by molar-refractivity contribution is 0.151. The second-order valence-corrected chi connectivity index (χ2v) is 3.05. The fourth-order valence-corrected chi connectivity index (χ4v) is 1.44. The van der Waals surface area contributed by atoms with Gasteiger partial charge in [0.1, 0.15) is 0 Å². The van der Waals surface area contributed by atoms with Gasteiger partial charge < -0.3 is 4.57 Å². The Morgan fingerprint density at radius 2 is 2.00 bits per heavy atom. The first kappa shape index (κ1) is 8.23. The lowest BCUT2D eigenvalue weighted by Crippen LogP contribution is -1.86. The molecule has 1 heterocycles. The molecule has 68 valence electrons. The largest absolute Gasteiger partial charge is 0.351 e. The van der Waals surface area contributed by atoms with Gasteiger partial charge in [0.25, 0.3) is 6.43 Å². The van der Waals surface area contributed by atoms with Crippen molar-refractivity contribution < 1.29 is 8.78 Å². The van der Waals surface area contributed by atoms with Gasteiger partial charge in [-0.3, -0.25) is 0 Å². The minimum absolute atomic E-state index is 0.0821. The molecule has 0 saturated heterocycles. The minimum atomic E-state index is -2.38. The molecule has 13 heavy (non-hydrogen) atoms. The third-order valence-corrected chi connectivity index (χ3v) is 2.16. The van der Waals surface area contributed by atoms with E-state index < -0.39 is 6.43 Å². The summed E-state index contributed by atoms with van der Waals surface area (Å²) in [4.78, 5) is 0. The fourth-order valence-electron chi connectivity index (χ4n) is 1.44. The quantitative estimate of drug-likeness (QED) is 0.637. The summed E-state index contributed by atoms with van der Waals surface area (Å²) in [5.41, 5.74) is 1.06. The normalized spacial score (nSPS) is 11.4. The molecule has 1 aromatic heterocycles. The van der Waals surface area contributed by atoms with Crippen molar-refractivity contribution in [3.63, 3.8) is 0 Å². The summed E-state index contributed by atoms with van der Waals surface area (Å²) in [7, 11) is 1.89. The molecule has 0 amide bonds. The van der Waals surface area contributed by atoms with Gasteiger partial charge in [-0.1, -0.05) is 6.07 Å². The highest BCUT2D eigenvalue weighted by atomic mass is 19.3. The van der Waals surface area contributed by atoms with Crippen LogP contribution in [0.2, 0.25) is 0 Å². The molecule has 0 aliphatic rings. The molecule has 0 unspecified atom stereocenters. The van der Waals surface area contributed by atoms with Crippen molar-refractivity contribution in [1.82, 2.24) is 4.57 Å². The molecule has 1 aromatic carbocycles. The van der Waals surface area contributed by atoms with Crippen LogP contribution in [-0.4, -0.2) is 4.57 Å². The number of rotatable bonds is 1. The maximum atomic E-state index is 12.3. The van der Waals surface area contributed by atoms with Crippen molar-refractivity contribution in [2.45, 2.75) is 6.43 Å². The van der Waals surface area contributed by atoms with E-state index in [1.54, 1.807) is 6.07 Å². The van der Waals surface area contributed by atoms with Crippen LogP contribution in [0.25, 0.3) is 10.9 Å². The molecule has 2 rings (SSSR count). The molecule has 0 N–H and O–H groups in total. The van der Waals surface area contributed by atoms with E-state index in [0.717, 1.165) is 10.9 Å². The minimum Gasteiger partial charge on any atom is -0.351 e. The van der Waals surface area contributed by atoms with Crippen LogP contribution >= 0.6 is 0 Å². The van der Waals surface area contributed by atoms with E-state index in [2.05, 4.69) is 0 Å². The number of alkyl halides is 2. The first-order valence-corrected chi connectivity index (χ1v) is 4.01. The molecule has 2 aromatic rings. The third-order valence-electron chi connectivity index (χ3n) is 2.16. The highest BCUT2D eigenvalue weighted by Gasteiger charge is 2.07. The van der Waals surface area contributed by atoms with Gasteiger partial charge in [0.2, 0.25) is 0 Å². The first-order valence-electron chi connectivity index (χ1n) is 4.01. The molecule has 0 bridgehead atoms. The summed E-state index contributed by atoms with van der Waals surface area (Å²) < 4.78 is 26.5. The Kier molecular flexibility index (Phi) is 1.79. The van der Waals surface area contributed by atoms with Crippen LogP contribution in [0.15, 0.2) is 30.5 Å². The smallest absolute Gasteiger partial charge is 0.263 e. The van der Waals surface area contributed by atoms with Gasteiger partial charge in [0, 0.05) is 29.7 Å². The summed E-state index contributed by atoms with van der Waals surface area (Å²) in [6.07, 6.45) is -0.524. The lowest BCUT2D eigenvalue weighted by Gasteiger charge is -2.00. The first-order chi connectivity index (χ1) is 6.18. The number of aromatic nitrogens is 1. The van der Waals surface area contributed by atoms with Crippen molar-refractivity contribution in [2.75, 3.05) is 0 Å². The highest BCUT2D eigenvalue weighted by Crippen LogP contribution is 2.23. The van der Waals surface area contributed by atoms with E-state index in [4.69, 9.17) is 0 Å². The number of halogens is 2. The maximum absolute atomic E-state index is 12.3. The number of aryl methyl sites for hydroxylation is 1. The van der Waals surface area contributed by atoms with Gasteiger partial charge in [0.05, 0.1) is 0 Å². The monoisotopic (exact) mass is 181 g/mol. The zero-order chi connectivity index (χ0) is 9.42. The van der Waals surface area contributed by atoms with E-state index in [1.807, 2.05) is 23.9 Å². The number of benzene rings is 1. The second kappa shape index (κ2) is 2.83. The van der Waals surface area contributed by atoms with Crippen LogP contribution in [0.4, 0.5) is 8.78 Å². The zero-order valence-electron chi connectivity index (χ0n) is 7.17. The molecule has 0 aliphatic heterocycles. The summed E-state index contributed by atoms with van der Waals surface area (Å²) >= 11 is 0. The van der Waals surface area contributed by atoms with Crippen molar-refractivity contribution in [1.29, 1.82) is 0 Å². The van der Waals surface area contributed by atoms with Gasteiger partial charge in [-0.05, 0) is 18.2 Å². The van der Waals surface area contributed by atoms with E-state index in [1.165, 1.54) is 12.1 Å². The van der Waals surface area contributed by atoms with E-state index >= 15 is 0 Å². The van der Waals surface area contributed by atoms with Crippen LogP contribution in [0.5, 0.6) is 0 Å². The molecular formula is C10H9F2N. The van der Waals surface area contributed by atoms with Gasteiger partial charge in [-0.25, -0.2) is 8.78 Å². The van der Waals surface area contributed by atoms with Gasteiger partial charge >= 0.3 is 0 Å². The number of fused-ring (bicyclic) bond motifs is 1. The Balaban J connectivity index is 2.63. The number of hydrogen-bond donors (Lipinski definition) is 0. The Bertz CT molecular complexity index is 431. The van der Waals surface area contributed by atoms with Crippen LogP contribution in [0, 0.1) is 0 Å². The Hall–Kier alpha value is -1.38. The third kappa shape index (κ3) is 1.30. The Morgan fingerprint density at radius 3 is 2.69 bits per heavy atom. The SMILES string of the molecule is Cn1ccc2cc(C(F)F)ccc21. The number of nitrogens with zero attached hydrogens (tertiary/aromatic N) is 1. The molecule has 0 aliphatic carbocycles. The summed E-state index contributed by atoms with van der Waals surface area (Å²) in [6, 6.07) is 6.55. The van der Waals surface area contributed by atoms with Crippen molar-refractivity contribution >= 4 is 10.9 Å². The topological polar surface area (TPSA) is 4.93 Å². The maximum Gasteiger partial charge on any atom is 0.263 e. The van der Waals surface area contributed by atoms with Gasteiger partial charge in [0.15, 0.2) is 0 Å². The highest BCUT2D eigenvalue weighted by molar-refractivity contribution is 5.80. The predicted molar refractivity (Wildman–Crippen MR) is 47.9 cm³/mol. The molecule has 0 radical (unpaired) electrons. The van der Waals surface area contributed by atoms with Crippen molar-refractivity contribution in [2.24, 2.45) is 7.05 Å². The van der Waals surface area contributed by atoms with Crippen LogP contribution < -0.4 is 0 Å². The van der Waals surface area contributed by atoms with Crippen LogP contribution in [-0.2, 0) is 7.05 Å². The van der Waals surface area contributed by atoms with E-state index in [9.17, 15) is 8.78 Å². The molecule has 0 atom stereocenters. The molecule has 0 saturated carbocycles. The number of hydrogen-bond acceptors (Lipinski definition) is 0. The van der Waals surface area contributed by atoms with Crippen molar-refractivity contribution in [3.05, 3.63) is 36.0 Å². The predicted octanol–water partition coefficient (Wildman–Crippen LogP) is 3.12. The second-order valence-electron chi connectivity index (χ2n) is 3.05. The fraction of sp³-hybridized carbons (Fsp3) is 0.200. The van der Waals surface area contributed by atoms with Gasteiger partial charge in [-0.15, -0.1) is 0 Å². The molecule has 1 nitrogen and oxygen atoms in total. The zero-order valence-corrected chi connectivity index (χ0v) is 7.17. The average molecular weight is 181 g/mol. The molecule has 0 spiro atoms. The van der Waals surface area contributed by atoms with E-state index in [-0.39, 0.29) is 5.56 Å². The molecule has 0 fully saturated rings. The summed E-state index contributed by atoms with van der Waals surface area (Å²) in [5, 5.41) is 0.861. The standard InChI is InChI=1S/C10H9F2N/c1-13-5-4-7-6-8(10(11)12)2-3-9(7)13/h2-6,10H,1H3. The Morgan fingerprint density at radius 1 is 1.23 bits per heavy atom. The summed E-state index contributed by atoms with van der Waals surface area (Å²) in [6.45, 7) is 0. The molecular weight excluding hydrogens is 172 g/mol. The lowest BCUT2D eigenvalue weighted by atomic mass is 10.2.